The fourth-order valence-corrected chi connectivity index (χ4v) is 5.45. The second-order valence-corrected chi connectivity index (χ2v) is 10.3. The smallest absolute Gasteiger partial charge is 0.264 e. The van der Waals surface area contributed by atoms with Gasteiger partial charge >= 0.3 is 0 Å². The van der Waals surface area contributed by atoms with Crippen molar-refractivity contribution in [2.24, 2.45) is 0 Å². The molecule has 38 heavy (non-hydrogen) atoms. The Morgan fingerprint density at radius 3 is 2.13 bits per heavy atom. The van der Waals surface area contributed by atoms with Crippen molar-refractivity contribution in [2.45, 2.75) is 30.8 Å². The van der Waals surface area contributed by atoms with Crippen LogP contribution in [-0.2, 0) is 26.2 Å². The normalized spacial score (nSPS) is 11.8. The minimum atomic E-state index is -4.13. The lowest BCUT2D eigenvalue weighted by Crippen LogP contribution is -2.51. The molecule has 10 heteroatoms. The van der Waals surface area contributed by atoms with Crippen LogP contribution in [0.3, 0.4) is 0 Å². The van der Waals surface area contributed by atoms with E-state index >= 15 is 0 Å². The average Bonchev–Trinajstić information content (AvgIpc) is 2.96. The van der Waals surface area contributed by atoms with Crippen LogP contribution in [0.1, 0.15) is 18.9 Å². The maximum atomic E-state index is 13.9. The molecule has 3 aromatic rings. The fraction of sp³-hybridized carbons (Fsp3) is 0.286. The number of benzene rings is 3. The highest BCUT2D eigenvalue weighted by Gasteiger charge is 2.33. The van der Waals surface area contributed by atoms with Crippen LogP contribution in [0.15, 0.2) is 83.8 Å². The molecule has 0 heterocycles. The van der Waals surface area contributed by atoms with Gasteiger partial charge < -0.3 is 19.7 Å². The highest BCUT2D eigenvalue weighted by Crippen LogP contribution is 2.28. The van der Waals surface area contributed by atoms with Gasteiger partial charge in [0.2, 0.25) is 11.8 Å². The molecule has 0 bridgehead atoms. The Hall–Kier alpha value is -4.05. The molecule has 0 aliphatic heterocycles. The minimum absolute atomic E-state index is 0.0377. The molecule has 1 N–H and O–H groups in total. The lowest BCUT2D eigenvalue weighted by Gasteiger charge is -2.33. The SMILES string of the molecule is CC[C@H](C(=O)NC)N(Cc1ccc(OC)cc1)C(=O)CN(c1cccc(OC)c1)S(=O)(=O)c1ccccc1. The van der Waals surface area contributed by atoms with Crippen LogP contribution in [0.4, 0.5) is 5.69 Å². The minimum Gasteiger partial charge on any atom is -0.497 e. The van der Waals surface area contributed by atoms with Gasteiger partial charge in [0.05, 0.1) is 24.8 Å². The van der Waals surface area contributed by atoms with Crippen molar-refractivity contribution >= 4 is 27.5 Å². The largest absolute Gasteiger partial charge is 0.497 e. The molecule has 0 aliphatic rings. The molecule has 0 saturated heterocycles. The number of likely N-dealkylation sites (N-methyl/N-ethyl adjacent to an activating group) is 1. The number of methoxy groups -OCH3 is 2. The van der Waals surface area contributed by atoms with Crippen molar-refractivity contribution < 1.29 is 27.5 Å². The van der Waals surface area contributed by atoms with Crippen LogP contribution in [0.2, 0.25) is 0 Å². The standard InChI is InChI=1S/C28H33N3O6S/c1-5-26(28(33)29-2)30(19-21-14-16-23(36-3)17-15-21)27(32)20-31(22-10-9-11-24(18-22)37-4)38(34,35)25-12-7-6-8-13-25/h6-18,26H,5,19-20H2,1-4H3,(H,29,33)/t26-/m1/s1. The number of amides is 2. The quantitative estimate of drug-likeness (QED) is 0.378. The first kappa shape index (κ1) is 28.5. The van der Waals surface area contributed by atoms with E-state index in [2.05, 4.69) is 5.32 Å². The summed E-state index contributed by atoms with van der Waals surface area (Å²) in [5.41, 5.74) is 1.03. The number of hydrogen-bond donors (Lipinski definition) is 1. The first-order chi connectivity index (χ1) is 18.2. The summed E-state index contributed by atoms with van der Waals surface area (Å²) in [6, 6.07) is 20.7. The summed E-state index contributed by atoms with van der Waals surface area (Å²) in [5, 5.41) is 2.61. The molecule has 1 atom stereocenters. The van der Waals surface area contributed by atoms with Crippen molar-refractivity contribution in [1.82, 2.24) is 10.2 Å². The second kappa shape index (κ2) is 13.0. The Balaban J connectivity index is 2.05. The molecule has 2 amide bonds. The van der Waals surface area contributed by atoms with Gasteiger partial charge in [0.25, 0.3) is 10.0 Å². The van der Waals surface area contributed by atoms with Gasteiger partial charge in [-0.1, -0.05) is 43.3 Å². The monoisotopic (exact) mass is 539 g/mol. The highest BCUT2D eigenvalue weighted by molar-refractivity contribution is 7.92. The molecule has 0 unspecified atom stereocenters. The Morgan fingerprint density at radius 2 is 1.55 bits per heavy atom. The lowest BCUT2D eigenvalue weighted by molar-refractivity contribution is -0.140. The number of anilines is 1. The van der Waals surface area contributed by atoms with Gasteiger partial charge in [-0.15, -0.1) is 0 Å². The molecule has 202 valence electrons. The molecule has 0 fully saturated rings. The molecule has 3 rings (SSSR count). The van der Waals surface area contributed by atoms with E-state index in [4.69, 9.17) is 9.47 Å². The Labute approximate surface area is 224 Å². The number of hydrogen-bond acceptors (Lipinski definition) is 6. The number of carbonyl (C=O) groups is 2. The number of nitrogens with one attached hydrogen (secondary N) is 1. The van der Waals surface area contributed by atoms with Crippen molar-refractivity contribution in [3.63, 3.8) is 0 Å². The fourth-order valence-electron chi connectivity index (χ4n) is 4.03. The molecule has 0 aromatic heterocycles. The molecule has 0 aliphatic carbocycles. The van der Waals surface area contributed by atoms with Crippen LogP contribution in [0.25, 0.3) is 0 Å². The Morgan fingerprint density at radius 1 is 0.895 bits per heavy atom. The average molecular weight is 540 g/mol. The number of ether oxygens (including phenoxy) is 2. The van der Waals surface area contributed by atoms with Crippen LogP contribution in [0.5, 0.6) is 11.5 Å². The summed E-state index contributed by atoms with van der Waals surface area (Å²) in [7, 11) is 0.406. The summed E-state index contributed by atoms with van der Waals surface area (Å²) >= 11 is 0. The maximum Gasteiger partial charge on any atom is 0.264 e. The summed E-state index contributed by atoms with van der Waals surface area (Å²) in [6.45, 7) is 1.38. The van der Waals surface area contributed by atoms with Crippen LogP contribution in [-0.4, -0.2) is 59.0 Å². The summed E-state index contributed by atoms with van der Waals surface area (Å²) in [4.78, 5) is 28.1. The van der Waals surface area contributed by atoms with Crippen LogP contribution in [0, 0.1) is 0 Å². The molecule has 0 spiro atoms. The zero-order valence-electron chi connectivity index (χ0n) is 22.0. The predicted molar refractivity (Wildman–Crippen MR) is 146 cm³/mol. The van der Waals surface area contributed by atoms with Gasteiger partial charge in [-0.2, -0.15) is 0 Å². The van der Waals surface area contributed by atoms with Crippen molar-refractivity contribution in [3.05, 3.63) is 84.4 Å². The molecule has 3 aromatic carbocycles. The van der Waals surface area contributed by atoms with Crippen LogP contribution < -0.4 is 19.1 Å². The number of carbonyl (C=O) groups excluding carboxylic acids is 2. The van der Waals surface area contributed by atoms with E-state index in [1.807, 2.05) is 0 Å². The third-order valence-corrected chi connectivity index (χ3v) is 7.88. The van der Waals surface area contributed by atoms with Crippen molar-refractivity contribution in [3.8, 4) is 11.5 Å². The molecular formula is C28H33N3O6S. The zero-order valence-corrected chi connectivity index (χ0v) is 22.8. The number of sulfonamides is 1. The molecule has 9 nitrogen and oxygen atoms in total. The number of rotatable bonds is 12. The second-order valence-electron chi connectivity index (χ2n) is 8.43. The Bertz CT molecular complexity index is 1330. The summed E-state index contributed by atoms with van der Waals surface area (Å²) in [5.74, 6) is 0.227. The topological polar surface area (TPSA) is 105 Å². The van der Waals surface area contributed by atoms with Gasteiger partial charge in [0.1, 0.15) is 24.1 Å². The molecule has 0 radical (unpaired) electrons. The lowest BCUT2D eigenvalue weighted by atomic mass is 10.1. The number of nitrogens with zero attached hydrogens (tertiary/aromatic N) is 2. The van der Waals surface area contributed by atoms with Gasteiger partial charge in [0.15, 0.2) is 0 Å². The van der Waals surface area contributed by atoms with Crippen molar-refractivity contribution in [1.29, 1.82) is 0 Å². The van der Waals surface area contributed by atoms with E-state index in [-0.39, 0.29) is 23.0 Å². The molecule has 0 saturated carbocycles. The highest BCUT2D eigenvalue weighted by atomic mass is 32.2. The Kier molecular flexibility index (Phi) is 9.72. The van der Waals surface area contributed by atoms with Gasteiger partial charge in [-0.05, 0) is 48.4 Å². The zero-order chi connectivity index (χ0) is 27.7. The van der Waals surface area contributed by atoms with Gasteiger partial charge in [-0.25, -0.2) is 8.42 Å². The van der Waals surface area contributed by atoms with E-state index in [9.17, 15) is 18.0 Å². The summed E-state index contributed by atoms with van der Waals surface area (Å²) in [6.07, 6.45) is 0.339. The van der Waals surface area contributed by atoms with Gasteiger partial charge in [-0.3, -0.25) is 13.9 Å². The first-order valence-electron chi connectivity index (χ1n) is 12.1. The van der Waals surface area contributed by atoms with Gasteiger partial charge in [0, 0.05) is 19.7 Å². The van der Waals surface area contributed by atoms with E-state index < -0.39 is 28.5 Å². The molecular weight excluding hydrogens is 506 g/mol. The first-order valence-corrected chi connectivity index (χ1v) is 13.5. The maximum absolute atomic E-state index is 13.9. The van der Waals surface area contributed by atoms with Crippen LogP contribution >= 0.6 is 0 Å². The van der Waals surface area contributed by atoms with Crippen molar-refractivity contribution in [2.75, 3.05) is 32.1 Å². The summed E-state index contributed by atoms with van der Waals surface area (Å²) < 4.78 is 39.1. The third-order valence-electron chi connectivity index (χ3n) is 6.10. The third kappa shape index (κ3) is 6.63. The van der Waals surface area contributed by atoms with E-state index in [1.165, 1.54) is 31.2 Å². The van der Waals surface area contributed by atoms with E-state index in [0.29, 0.717) is 17.9 Å². The van der Waals surface area contributed by atoms with E-state index in [1.54, 1.807) is 80.8 Å². The predicted octanol–water partition coefficient (Wildman–Crippen LogP) is 3.45. The van der Waals surface area contributed by atoms with E-state index in [0.717, 1.165) is 9.87 Å².